The second kappa shape index (κ2) is 9.59. The predicted molar refractivity (Wildman–Crippen MR) is 116 cm³/mol. The molecule has 1 heterocycles. The van der Waals surface area contributed by atoms with Crippen LogP contribution in [0, 0.1) is 0 Å². The number of amides is 1. The number of Topliss-reactive ketones (excluding diaryl/α,β-unsaturated/α-hetero) is 1. The fourth-order valence-corrected chi connectivity index (χ4v) is 3.48. The van der Waals surface area contributed by atoms with Crippen molar-refractivity contribution in [3.05, 3.63) is 71.3 Å². The van der Waals surface area contributed by atoms with Gasteiger partial charge in [-0.25, -0.2) is 0 Å². The summed E-state index contributed by atoms with van der Waals surface area (Å²) in [6.07, 6.45) is 0.906. The minimum atomic E-state index is -0.661. The molecular weight excluding hydrogens is 380 g/mol. The van der Waals surface area contributed by atoms with Crippen LogP contribution in [0.1, 0.15) is 30.5 Å². The maximum atomic E-state index is 12.9. The molecule has 0 unspecified atom stereocenters. The van der Waals surface area contributed by atoms with Gasteiger partial charge in [-0.15, -0.1) is 0 Å². The van der Waals surface area contributed by atoms with E-state index in [9.17, 15) is 14.7 Å². The average Bonchev–Trinajstić information content (AvgIpc) is 3.01. The lowest BCUT2D eigenvalue weighted by Gasteiger charge is -2.26. The average molecular weight is 408 g/mol. The molecule has 1 N–H and O–H groups in total. The molecule has 0 aliphatic carbocycles. The predicted octanol–water partition coefficient (Wildman–Crippen LogP) is 3.46. The number of benzene rings is 2. The van der Waals surface area contributed by atoms with Crippen LogP contribution in [0.3, 0.4) is 0 Å². The van der Waals surface area contributed by atoms with E-state index in [0.717, 1.165) is 17.7 Å². The van der Waals surface area contributed by atoms with E-state index in [1.54, 1.807) is 29.2 Å². The van der Waals surface area contributed by atoms with Crippen LogP contribution in [0.4, 0.5) is 0 Å². The summed E-state index contributed by atoms with van der Waals surface area (Å²) in [6, 6.07) is 15.6. The van der Waals surface area contributed by atoms with Gasteiger partial charge in [-0.2, -0.15) is 0 Å². The van der Waals surface area contributed by atoms with E-state index in [4.69, 9.17) is 4.74 Å². The lowest BCUT2D eigenvalue weighted by atomic mass is 9.95. The minimum Gasteiger partial charge on any atom is -0.507 e. The van der Waals surface area contributed by atoms with Crippen molar-refractivity contribution in [1.29, 1.82) is 0 Å². The Morgan fingerprint density at radius 2 is 1.73 bits per heavy atom. The van der Waals surface area contributed by atoms with E-state index in [0.29, 0.717) is 25.3 Å². The molecule has 158 valence electrons. The Morgan fingerprint density at radius 3 is 2.33 bits per heavy atom. The standard InChI is InChI=1S/C24H28N2O4/c1-4-16-30-19-12-10-17(11-13-19)21-20(22(27)18-8-6-5-7-9-18)23(28)24(29)26(21)15-14-25(2)3/h5-13,21,27H,4,14-16H2,1-3H3/t21-/m0/s1. The van der Waals surface area contributed by atoms with E-state index >= 15 is 0 Å². The number of nitrogens with zero attached hydrogens (tertiary/aromatic N) is 2. The monoisotopic (exact) mass is 408 g/mol. The summed E-state index contributed by atoms with van der Waals surface area (Å²) in [5.41, 5.74) is 1.39. The van der Waals surface area contributed by atoms with Gasteiger partial charge in [-0.05, 0) is 38.2 Å². The highest BCUT2D eigenvalue weighted by Gasteiger charge is 2.45. The summed E-state index contributed by atoms with van der Waals surface area (Å²) in [6.45, 7) is 3.64. The number of ketones is 1. The molecule has 6 nitrogen and oxygen atoms in total. The quantitative estimate of drug-likeness (QED) is 0.412. The Balaban J connectivity index is 2.05. The second-order valence-electron chi connectivity index (χ2n) is 7.58. The molecule has 30 heavy (non-hydrogen) atoms. The first-order chi connectivity index (χ1) is 14.4. The molecule has 0 aromatic heterocycles. The summed E-state index contributed by atoms with van der Waals surface area (Å²) < 4.78 is 5.65. The van der Waals surface area contributed by atoms with Crippen molar-refractivity contribution < 1.29 is 19.4 Å². The van der Waals surface area contributed by atoms with Crippen molar-refractivity contribution in [2.75, 3.05) is 33.8 Å². The first-order valence-corrected chi connectivity index (χ1v) is 10.1. The maximum Gasteiger partial charge on any atom is 0.295 e. The number of hydrogen-bond donors (Lipinski definition) is 1. The van der Waals surface area contributed by atoms with E-state index in [-0.39, 0.29) is 11.3 Å². The summed E-state index contributed by atoms with van der Waals surface area (Å²) in [5, 5.41) is 11.0. The molecule has 1 saturated heterocycles. The van der Waals surface area contributed by atoms with Crippen molar-refractivity contribution >= 4 is 17.4 Å². The van der Waals surface area contributed by atoms with Crippen molar-refractivity contribution in [3.63, 3.8) is 0 Å². The van der Waals surface area contributed by atoms with Crippen LogP contribution >= 0.6 is 0 Å². The van der Waals surface area contributed by atoms with Gasteiger partial charge in [-0.1, -0.05) is 49.4 Å². The number of rotatable bonds is 8. The number of likely N-dealkylation sites (N-methyl/N-ethyl adjacent to an activating group) is 1. The van der Waals surface area contributed by atoms with E-state index in [1.165, 1.54) is 0 Å². The number of hydrogen-bond acceptors (Lipinski definition) is 5. The first-order valence-electron chi connectivity index (χ1n) is 10.1. The molecule has 1 aliphatic heterocycles. The van der Waals surface area contributed by atoms with Gasteiger partial charge >= 0.3 is 0 Å². The summed E-state index contributed by atoms with van der Waals surface area (Å²) >= 11 is 0. The molecule has 1 amide bonds. The van der Waals surface area contributed by atoms with Gasteiger partial charge in [0.2, 0.25) is 0 Å². The third kappa shape index (κ3) is 4.54. The summed E-state index contributed by atoms with van der Waals surface area (Å²) in [5.74, 6) is -0.677. The SMILES string of the molecule is CCCOc1ccc([C@H]2C(=C(O)c3ccccc3)C(=O)C(=O)N2CCN(C)C)cc1. The van der Waals surface area contributed by atoms with E-state index in [1.807, 2.05) is 56.3 Å². The Labute approximate surface area is 177 Å². The lowest BCUT2D eigenvalue weighted by Crippen LogP contribution is -2.35. The van der Waals surface area contributed by atoms with Crippen LogP contribution in [-0.4, -0.2) is 60.4 Å². The number of aliphatic hydroxyl groups excluding tert-OH is 1. The first kappa shape index (κ1) is 21.6. The van der Waals surface area contributed by atoms with Crippen molar-refractivity contribution in [2.45, 2.75) is 19.4 Å². The number of carbonyl (C=O) groups excluding carboxylic acids is 2. The Bertz CT molecular complexity index is 920. The minimum absolute atomic E-state index is 0.118. The summed E-state index contributed by atoms with van der Waals surface area (Å²) in [4.78, 5) is 29.3. The third-order valence-electron chi connectivity index (χ3n) is 5.04. The van der Waals surface area contributed by atoms with E-state index < -0.39 is 17.7 Å². The van der Waals surface area contributed by atoms with Crippen LogP contribution in [0.15, 0.2) is 60.2 Å². The van der Waals surface area contributed by atoms with Crippen LogP contribution in [0.5, 0.6) is 5.75 Å². The number of aliphatic hydroxyl groups is 1. The van der Waals surface area contributed by atoms with Crippen LogP contribution in [0.25, 0.3) is 5.76 Å². The maximum absolute atomic E-state index is 12.9. The number of ether oxygens (including phenoxy) is 1. The highest BCUT2D eigenvalue weighted by atomic mass is 16.5. The Hall–Kier alpha value is -3.12. The zero-order chi connectivity index (χ0) is 21.7. The number of carbonyl (C=O) groups is 2. The van der Waals surface area contributed by atoms with E-state index in [2.05, 4.69) is 0 Å². The van der Waals surface area contributed by atoms with Gasteiger partial charge in [0, 0.05) is 18.7 Å². The molecule has 6 heteroatoms. The fraction of sp³-hybridized carbons (Fsp3) is 0.333. The van der Waals surface area contributed by atoms with Gasteiger partial charge in [0.05, 0.1) is 18.2 Å². The largest absolute Gasteiger partial charge is 0.507 e. The lowest BCUT2D eigenvalue weighted by molar-refractivity contribution is -0.140. The third-order valence-corrected chi connectivity index (χ3v) is 5.04. The van der Waals surface area contributed by atoms with Gasteiger partial charge in [0.25, 0.3) is 11.7 Å². The van der Waals surface area contributed by atoms with Gasteiger partial charge in [-0.3, -0.25) is 9.59 Å². The van der Waals surface area contributed by atoms with Crippen LogP contribution < -0.4 is 4.74 Å². The molecule has 1 fully saturated rings. The molecule has 1 aliphatic rings. The van der Waals surface area contributed by atoms with Crippen molar-refractivity contribution in [1.82, 2.24) is 9.80 Å². The van der Waals surface area contributed by atoms with Gasteiger partial charge < -0.3 is 19.6 Å². The Kier molecular flexibility index (Phi) is 6.90. The molecule has 0 spiro atoms. The van der Waals surface area contributed by atoms with Gasteiger partial charge in [0.15, 0.2) is 0 Å². The molecule has 1 atom stereocenters. The van der Waals surface area contributed by atoms with Crippen LogP contribution in [-0.2, 0) is 9.59 Å². The van der Waals surface area contributed by atoms with Crippen LogP contribution in [0.2, 0.25) is 0 Å². The molecule has 2 aromatic carbocycles. The second-order valence-corrected chi connectivity index (χ2v) is 7.58. The molecule has 0 bridgehead atoms. The normalized spacial score (nSPS) is 18.3. The highest BCUT2D eigenvalue weighted by molar-refractivity contribution is 6.46. The molecule has 0 saturated carbocycles. The highest BCUT2D eigenvalue weighted by Crippen LogP contribution is 2.39. The zero-order valence-electron chi connectivity index (χ0n) is 17.7. The molecule has 0 radical (unpaired) electrons. The number of likely N-dealkylation sites (tertiary alicyclic amines) is 1. The molecular formula is C24H28N2O4. The van der Waals surface area contributed by atoms with Crippen molar-refractivity contribution in [3.8, 4) is 5.75 Å². The summed E-state index contributed by atoms with van der Waals surface area (Å²) in [7, 11) is 3.82. The molecule has 3 rings (SSSR count). The fourth-order valence-electron chi connectivity index (χ4n) is 3.48. The Morgan fingerprint density at radius 1 is 1.07 bits per heavy atom. The topological polar surface area (TPSA) is 70.1 Å². The van der Waals surface area contributed by atoms with Crippen molar-refractivity contribution in [2.24, 2.45) is 0 Å². The smallest absolute Gasteiger partial charge is 0.295 e. The van der Waals surface area contributed by atoms with Gasteiger partial charge in [0.1, 0.15) is 11.5 Å². The molecule has 2 aromatic rings. The zero-order valence-corrected chi connectivity index (χ0v) is 17.7.